The maximum absolute atomic E-state index is 13.2. The molecular weight excluding hydrogens is 985 g/mol. The SMILES string of the molecule is C#CCCCOc1ccc(OCCCCCCOc2ccc(OCCCCCCNC(=O)C[n+]3cccc(-c4ccc(C(c5ccc(C(C)(C)C)cc5)(c5ccc(C(C)(C)C)cc5)c5ccc(C(C)(C)C)cc5)cc4)c3)cc2)cc1. The Hall–Kier alpha value is -7.30. The van der Waals surface area contributed by atoms with Crippen LogP contribution in [-0.2, 0) is 33.0 Å². The maximum atomic E-state index is 13.2. The van der Waals surface area contributed by atoms with Crippen molar-refractivity contribution in [1.82, 2.24) is 5.32 Å². The molecule has 1 amide bonds. The van der Waals surface area contributed by atoms with Crippen molar-refractivity contribution in [2.75, 3.05) is 33.0 Å². The van der Waals surface area contributed by atoms with Crippen molar-refractivity contribution in [3.63, 3.8) is 0 Å². The largest absolute Gasteiger partial charge is 0.494 e. The number of hydrogen-bond donors (Lipinski definition) is 1. The molecule has 0 bridgehead atoms. The van der Waals surface area contributed by atoms with Gasteiger partial charge in [-0.15, -0.1) is 12.3 Å². The first-order valence-corrected chi connectivity index (χ1v) is 29.3. The van der Waals surface area contributed by atoms with Crippen LogP contribution in [-0.4, -0.2) is 38.9 Å². The number of carbonyl (C=O) groups excluding carboxylic acids is 1. The van der Waals surface area contributed by atoms with Crippen LogP contribution in [0.2, 0.25) is 0 Å². The second kappa shape index (κ2) is 28.7. The molecule has 80 heavy (non-hydrogen) atoms. The number of nitrogens with one attached hydrogen (secondary N) is 1. The molecule has 1 N–H and O–H groups in total. The lowest BCUT2D eigenvalue weighted by atomic mass is 9.64. The van der Waals surface area contributed by atoms with Gasteiger partial charge < -0.3 is 24.3 Å². The summed E-state index contributed by atoms with van der Waals surface area (Å²) in [6.45, 7) is 24.0. The zero-order valence-corrected chi connectivity index (χ0v) is 49.5. The summed E-state index contributed by atoms with van der Waals surface area (Å²) in [5, 5.41) is 3.15. The third kappa shape index (κ3) is 17.3. The van der Waals surface area contributed by atoms with Crippen molar-refractivity contribution in [3.05, 3.63) is 209 Å². The van der Waals surface area contributed by atoms with Gasteiger partial charge >= 0.3 is 0 Å². The predicted molar refractivity (Wildman–Crippen MR) is 329 cm³/mol. The van der Waals surface area contributed by atoms with E-state index in [4.69, 9.17) is 25.4 Å². The van der Waals surface area contributed by atoms with Gasteiger partial charge in [0.15, 0.2) is 12.4 Å². The monoisotopic (exact) mass is 1070 g/mol. The van der Waals surface area contributed by atoms with Gasteiger partial charge in [-0.25, -0.2) is 0 Å². The molecule has 6 aromatic carbocycles. The third-order valence-electron chi connectivity index (χ3n) is 15.0. The van der Waals surface area contributed by atoms with Crippen LogP contribution in [0.4, 0.5) is 0 Å². The lowest BCUT2D eigenvalue weighted by molar-refractivity contribution is -0.684. The summed E-state index contributed by atoms with van der Waals surface area (Å²) >= 11 is 0. The van der Waals surface area contributed by atoms with Crippen molar-refractivity contribution in [1.29, 1.82) is 0 Å². The van der Waals surface area contributed by atoms with Crippen molar-refractivity contribution in [3.8, 4) is 46.5 Å². The molecule has 0 aliphatic heterocycles. The van der Waals surface area contributed by atoms with Crippen LogP contribution in [0.1, 0.15) is 165 Å². The Morgan fingerprint density at radius 1 is 0.425 bits per heavy atom. The van der Waals surface area contributed by atoms with E-state index < -0.39 is 5.41 Å². The number of hydrogen-bond acceptors (Lipinski definition) is 5. The Morgan fingerprint density at radius 2 is 0.762 bits per heavy atom. The second-order valence-corrected chi connectivity index (χ2v) is 24.4. The fourth-order valence-corrected chi connectivity index (χ4v) is 10.2. The lowest BCUT2D eigenvalue weighted by Crippen LogP contribution is -2.42. The molecule has 0 aliphatic rings. The molecule has 0 radical (unpaired) electrons. The number of carbonyl (C=O) groups is 1. The van der Waals surface area contributed by atoms with E-state index in [1.54, 1.807) is 0 Å². The molecule has 7 aromatic rings. The molecule has 0 spiro atoms. The molecule has 0 atom stereocenters. The molecular formula is C73H89N2O5+. The van der Waals surface area contributed by atoms with E-state index in [2.05, 4.69) is 183 Å². The number of terminal acetylenes is 1. The van der Waals surface area contributed by atoms with Gasteiger partial charge in [0.05, 0.1) is 31.8 Å². The Morgan fingerprint density at radius 3 is 1.12 bits per heavy atom. The van der Waals surface area contributed by atoms with Gasteiger partial charge in [0.25, 0.3) is 5.91 Å². The number of unbranched alkanes of at least 4 members (excludes halogenated alkanes) is 7. The first-order valence-electron chi connectivity index (χ1n) is 29.3. The average Bonchev–Trinajstić information content (AvgIpc) is 3.44. The summed E-state index contributed by atoms with van der Waals surface area (Å²) in [6.07, 6.45) is 19.0. The van der Waals surface area contributed by atoms with Crippen LogP contribution in [0.3, 0.4) is 0 Å². The minimum atomic E-state index is -0.594. The second-order valence-electron chi connectivity index (χ2n) is 24.4. The molecule has 7 rings (SSSR count). The molecule has 7 nitrogen and oxygen atoms in total. The minimum Gasteiger partial charge on any atom is -0.494 e. The molecule has 0 unspecified atom stereocenters. The molecule has 420 valence electrons. The number of pyridine rings is 1. The zero-order valence-electron chi connectivity index (χ0n) is 49.5. The van der Waals surface area contributed by atoms with Crippen LogP contribution >= 0.6 is 0 Å². The van der Waals surface area contributed by atoms with E-state index in [1.165, 1.54) is 38.9 Å². The number of amides is 1. The van der Waals surface area contributed by atoms with Crippen molar-refractivity contribution in [2.24, 2.45) is 0 Å². The van der Waals surface area contributed by atoms with Gasteiger partial charge in [-0.05, 0) is 160 Å². The molecule has 0 saturated carbocycles. The van der Waals surface area contributed by atoms with Crippen LogP contribution < -0.4 is 28.8 Å². The minimum absolute atomic E-state index is 0.00910. The molecule has 7 heteroatoms. The van der Waals surface area contributed by atoms with Gasteiger partial charge in [0.2, 0.25) is 6.54 Å². The van der Waals surface area contributed by atoms with Gasteiger partial charge in [-0.2, -0.15) is 4.57 Å². The Balaban J connectivity index is 0.850. The van der Waals surface area contributed by atoms with E-state index in [0.717, 1.165) is 98.3 Å². The van der Waals surface area contributed by atoms with E-state index in [9.17, 15) is 4.79 Å². The van der Waals surface area contributed by atoms with Crippen LogP contribution in [0.25, 0.3) is 11.1 Å². The molecule has 0 fully saturated rings. The van der Waals surface area contributed by atoms with Gasteiger partial charge in [-0.3, -0.25) is 4.79 Å². The van der Waals surface area contributed by atoms with Crippen molar-refractivity contribution < 1.29 is 28.3 Å². The van der Waals surface area contributed by atoms with Crippen molar-refractivity contribution >= 4 is 5.91 Å². The number of rotatable bonds is 28. The average molecular weight is 1070 g/mol. The fourth-order valence-electron chi connectivity index (χ4n) is 10.2. The summed E-state index contributed by atoms with van der Waals surface area (Å²) in [7, 11) is 0. The normalized spacial score (nSPS) is 11.9. The van der Waals surface area contributed by atoms with E-state index >= 15 is 0 Å². The standard InChI is InChI=1S/C73H88N2O5/c1-11-12-18-50-77-65-40-42-67(43-41-65)79-52-20-15-16-21-53-80-68-46-44-66(45-47-68)78-51-19-14-13-17-48-74-69(76)55-75-49-22-23-57(54-75)56-24-26-61(27-25-56)73(62-34-28-58(29-35-62)70(2,3)4,63-36-30-59(31-37-63)71(5,6)7)64-38-32-60(33-39-64)72(8,9)10/h1,22-47,49,54H,12-21,48,50-53,55H2,2-10H3/p+1. The summed E-state index contributed by atoms with van der Waals surface area (Å²) in [5.74, 6) is 6.04. The highest BCUT2D eigenvalue weighted by Crippen LogP contribution is 2.47. The van der Waals surface area contributed by atoms with Crippen LogP contribution in [0.15, 0.2) is 170 Å². The number of ether oxygens (including phenoxy) is 4. The molecule has 1 heterocycles. The van der Waals surface area contributed by atoms with Gasteiger partial charge in [0.1, 0.15) is 23.0 Å². The lowest BCUT2D eigenvalue weighted by Gasteiger charge is -2.38. The molecule has 1 aromatic heterocycles. The molecule has 0 saturated heterocycles. The summed E-state index contributed by atoms with van der Waals surface area (Å²) in [6, 6.07) is 56.9. The zero-order chi connectivity index (χ0) is 57.0. The number of nitrogens with zero attached hydrogens (tertiary/aromatic N) is 1. The van der Waals surface area contributed by atoms with E-state index in [0.29, 0.717) is 33.0 Å². The Kier molecular flexibility index (Phi) is 21.7. The highest BCUT2D eigenvalue weighted by Gasteiger charge is 2.39. The predicted octanol–water partition coefficient (Wildman–Crippen LogP) is 16.5. The first-order chi connectivity index (χ1) is 38.4. The maximum Gasteiger partial charge on any atom is 0.285 e. The van der Waals surface area contributed by atoms with E-state index in [-0.39, 0.29) is 28.7 Å². The first kappa shape index (κ1) is 60.3. The van der Waals surface area contributed by atoms with E-state index in [1.807, 2.05) is 65.4 Å². The Bertz CT molecular complexity index is 2870. The van der Waals surface area contributed by atoms with Gasteiger partial charge in [0, 0.05) is 24.6 Å². The summed E-state index contributed by atoms with van der Waals surface area (Å²) < 4.78 is 25.6. The number of benzene rings is 6. The van der Waals surface area contributed by atoms with Crippen molar-refractivity contribution in [2.45, 2.75) is 155 Å². The topological polar surface area (TPSA) is 69.9 Å². The molecule has 0 aliphatic carbocycles. The quantitative estimate of drug-likeness (QED) is 0.0229. The highest BCUT2D eigenvalue weighted by atomic mass is 16.5. The Labute approximate surface area is 480 Å². The number of aromatic nitrogens is 1. The highest BCUT2D eigenvalue weighted by molar-refractivity contribution is 5.74. The summed E-state index contributed by atoms with van der Waals surface area (Å²) in [5.41, 5.74) is 10.4. The third-order valence-corrected chi connectivity index (χ3v) is 15.0. The smallest absolute Gasteiger partial charge is 0.285 e. The van der Waals surface area contributed by atoms with Crippen LogP contribution in [0.5, 0.6) is 23.0 Å². The fraction of sp³-hybridized carbons (Fsp3) is 0.397. The van der Waals surface area contributed by atoms with Crippen LogP contribution in [0, 0.1) is 12.3 Å². The summed E-state index contributed by atoms with van der Waals surface area (Å²) in [4.78, 5) is 13.2. The van der Waals surface area contributed by atoms with Gasteiger partial charge in [-0.1, -0.05) is 172 Å².